The van der Waals surface area contributed by atoms with Crippen molar-refractivity contribution in [2.45, 2.75) is 57.1 Å². The summed E-state index contributed by atoms with van der Waals surface area (Å²) >= 11 is 3.53. The molecule has 0 aliphatic carbocycles. The first-order valence-electron chi connectivity index (χ1n) is 4.95. The molecule has 0 amide bonds. The van der Waals surface area contributed by atoms with E-state index in [1.807, 2.05) is 0 Å². The van der Waals surface area contributed by atoms with E-state index < -0.39 is 8.32 Å². The topological polar surface area (TPSA) is 9.23 Å². The van der Waals surface area contributed by atoms with Crippen LogP contribution in [0, 0.1) is 0 Å². The monoisotopic (exact) mass is 266 g/mol. The number of hydrogen-bond acceptors (Lipinski definition) is 1. The first kappa shape index (κ1) is 13.7. The van der Waals surface area contributed by atoms with Crippen LogP contribution < -0.4 is 0 Å². The van der Waals surface area contributed by atoms with Crippen LogP contribution in [-0.4, -0.2) is 19.8 Å². The van der Waals surface area contributed by atoms with E-state index in [1.54, 1.807) is 0 Å². The Kier molecular flexibility index (Phi) is 5.19. The molecule has 0 saturated heterocycles. The Bertz CT molecular complexity index is 149. The molecule has 0 aliphatic heterocycles. The van der Waals surface area contributed by atoms with Crippen LogP contribution in [0.15, 0.2) is 0 Å². The lowest BCUT2D eigenvalue weighted by Crippen LogP contribution is -2.41. The van der Waals surface area contributed by atoms with Crippen LogP contribution in [-0.2, 0) is 4.43 Å². The van der Waals surface area contributed by atoms with Crippen LogP contribution in [0.2, 0.25) is 18.1 Å². The molecule has 0 rings (SSSR count). The van der Waals surface area contributed by atoms with Gasteiger partial charge in [0.05, 0.1) is 0 Å². The number of alkyl halides is 1. The fourth-order valence-electron chi connectivity index (χ4n) is 0.693. The Labute approximate surface area is 92.5 Å². The van der Waals surface area contributed by atoms with Crippen molar-refractivity contribution in [3.8, 4) is 0 Å². The fourth-order valence-corrected chi connectivity index (χ4v) is 1.94. The molecule has 0 bridgehead atoms. The number of rotatable bonds is 4. The zero-order valence-electron chi connectivity index (χ0n) is 9.78. The van der Waals surface area contributed by atoms with Gasteiger partial charge >= 0.3 is 0 Å². The second-order valence-electron chi connectivity index (χ2n) is 5.18. The largest absolute Gasteiger partial charge is 0.417 e. The lowest BCUT2D eigenvalue weighted by atomic mass is 10.2. The van der Waals surface area contributed by atoms with Crippen molar-refractivity contribution in [1.29, 1.82) is 0 Å². The van der Waals surface area contributed by atoms with Gasteiger partial charge in [-0.15, -0.1) is 0 Å². The summed E-state index contributed by atoms with van der Waals surface area (Å²) in [5, 5.41) is 0.336. The smallest absolute Gasteiger partial charge is 0.191 e. The van der Waals surface area contributed by atoms with Crippen LogP contribution >= 0.6 is 15.9 Å². The summed E-state index contributed by atoms with van der Waals surface area (Å²) in [4.78, 5) is 0.567. The molecule has 0 N–H and O–H groups in total. The van der Waals surface area contributed by atoms with E-state index in [1.165, 1.54) is 0 Å². The highest BCUT2D eigenvalue weighted by molar-refractivity contribution is 9.09. The Morgan fingerprint density at radius 1 is 1.31 bits per heavy atom. The molecule has 0 aromatic heterocycles. The van der Waals surface area contributed by atoms with Gasteiger partial charge < -0.3 is 4.43 Å². The van der Waals surface area contributed by atoms with Crippen molar-refractivity contribution in [2.24, 2.45) is 0 Å². The van der Waals surface area contributed by atoms with E-state index in [-0.39, 0.29) is 0 Å². The van der Waals surface area contributed by atoms with Gasteiger partial charge in [0, 0.05) is 11.4 Å². The Balaban J connectivity index is 3.90. The number of halogens is 1. The quantitative estimate of drug-likeness (QED) is 0.548. The van der Waals surface area contributed by atoms with Gasteiger partial charge in [-0.25, -0.2) is 0 Å². The highest BCUT2D eigenvalue weighted by atomic mass is 79.9. The minimum atomic E-state index is -1.49. The van der Waals surface area contributed by atoms with Gasteiger partial charge in [-0.2, -0.15) is 0 Å². The molecule has 3 heteroatoms. The van der Waals surface area contributed by atoms with Crippen LogP contribution in [0.1, 0.15) is 34.1 Å². The third-order valence-electron chi connectivity index (χ3n) is 2.78. The average Bonchev–Trinajstić information content (AvgIpc) is 1.82. The normalized spacial score (nSPS) is 15.9. The molecule has 0 aromatic carbocycles. The summed E-state index contributed by atoms with van der Waals surface area (Å²) in [5.41, 5.74) is 0. The van der Waals surface area contributed by atoms with Crippen molar-refractivity contribution in [1.82, 2.24) is 0 Å². The summed E-state index contributed by atoms with van der Waals surface area (Å²) in [6.45, 7) is 14.5. The van der Waals surface area contributed by atoms with Gasteiger partial charge in [-0.1, -0.05) is 43.6 Å². The fraction of sp³-hybridized carbons (Fsp3) is 1.00. The van der Waals surface area contributed by atoms with E-state index in [4.69, 9.17) is 4.43 Å². The van der Waals surface area contributed by atoms with Crippen LogP contribution in [0.3, 0.4) is 0 Å². The summed E-state index contributed by atoms with van der Waals surface area (Å²) in [6.07, 6.45) is 1.10. The maximum Gasteiger partial charge on any atom is 0.191 e. The van der Waals surface area contributed by atoms with E-state index in [9.17, 15) is 0 Å². The molecule has 0 unspecified atom stereocenters. The zero-order chi connectivity index (χ0) is 10.7. The summed E-state index contributed by atoms with van der Waals surface area (Å²) in [6, 6.07) is 0. The van der Waals surface area contributed by atoms with Crippen LogP contribution in [0.25, 0.3) is 0 Å². The molecule has 0 aliphatic rings. The zero-order valence-corrected chi connectivity index (χ0v) is 12.4. The average molecular weight is 267 g/mol. The second kappa shape index (κ2) is 4.94. The second-order valence-corrected chi connectivity index (χ2v) is 11.6. The van der Waals surface area contributed by atoms with Gasteiger partial charge in [0.15, 0.2) is 8.32 Å². The third-order valence-corrected chi connectivity index (χ3v) is 7.78. The Hall–Kier alpha value is 0.657. The summed E-state index contributed by atoms with van der Waals surface area (Å²) in [5.74, 6) is 0. The Morgan fingerprint density at radius 3 is 2.08 bits per heavy atom. The molecule has 0 heterocycles. The van der Waals surface area contributed by atoms with Crippen molar-refractivity contribution in [3.05, 3.63) is 0 Å². The molecule has 13 heavy (non-hydrogen) atoms. The SMILES string of the molecule is C[C@H](Br)CCO[Si](C)(C)C(C)(C)C. The summed E-state index contributed by atoms with van der Waals surface area (Å²) < 4.78 is 6.01. The molecule has 0 saturated carbocycles. The molecule has 0 aromatic rings. The highest BCUT2D eigenvalue weighted by Crippen LogP contribution is 2.36. The van der Waals surface area contributed by atoms with Crippen molar-refractivity contribution < 1.29 is 4.43 Å². The van der Waals surface area contributed by atoms with E-state index >= 15 is 0 Å². The maximum absolute atomic E-state index is 6.01. The highest BCUT2D eigenvalue weighted by Gasteiger charge is 2.36. The lowest BCUT2D eigenvalue weighted by molar-refractivity contribution is 0.283. The van der Waals surface area contributed by atoms with Gasteiger partial charge in [0.2, 0.25) is 0 Å². The van der Waals surface area contributed by atoms with E-state index in [2.05, 4.69) is 56.7 Å². The van der Waals surface area contributed by atoms with E-state index in [0.29, 0.717) is 9.87 Å². The maximum atomic E-state index is 6.01. The molecule has 1 atom stereocenters. The Morgan fingerprint density at radius 2 is 1.77 bits per heavy atom. The molecular formula is C10H23BrOSi. The van der Waals surface area contributed by atoms with Crippen LogP contribution in [0.5, 0.6) is 0 Å². The minimum Gasteiger partial charge on any atom is -0.417 e. The van der Waals surface area contributed by atoms with Crippen LogP contribution in [0.4, 0.5) is 0 Å². The minimum absolute atomic E-state index is 0.336. The first-order valence-corrected chi connectivity index (χ1v) is 8.77. The molecule has 0 radical (unpaired) electrons. The predicted molar refractivity (Wildman–Crippen MR) is 66.2 cm³/mol. The molecule has 80 valence electrons. The molecule has 0 spiro atoms. The van der Waals surface area contributed by atoms with Gasteiger partial charge in [-0.3, -0.25) is 0 Å². The van der Waals surface area contributed by atoms with Gasteiger partial charge in [0.1, 0.15) is 0 Å². The lowest BCUT2D eigenvalue weighted by Gasteiger charge is -2.36. The van der Waals surface area contributed by atoms with Gasteiger partial charge in [0.25, 0.3) is 0 Å². The van der Waals surface area contributed by atoms with Crippen molar-refractivity contribution in [3.63, 3.8) is 0 Å². The molecule has 0 fully saturated rings. The van der Waals surface area contributed by atoms with Gasteiger partial charge in [-0.05, 0) is 24.6 Å². The molecular weight excluding hydrogens is 244 g/mol. The third kappa shape index (κ3) is 5.18. The first-order chi connectivity index (χ1) is 5.67. The standard InChI is InChI=1S/C10H23BrOSi/c1-9(11)7-8-12-13(5,6)10(2,3)4/h9H,7-8H2,1-6H3/t9-/m0/s1. The van der Waals surface area contributed by atoms with Crippen molar-refractivity contribution >= 4 is 24.2 Å². The summed E-state index contributed by atoms with van der Waals surface area (Å²) in [7, 11) is -1.49. The predicted octanol–water partition coefficient (Wildman–Crippen LogP) is 4.18. The molecule has 1 nitrogen and oxygen atoms in total. The van der Waals surface area contributed by atoms with Crippen molar-refractivity contribution in [2.75, 3.05) is 6.61 Å². The van der Waals surface area contributed by atoms with E-state index in [0.717, 1.165) is 13.0 Å². The number of hydrogen-bond donors (Lipinski definition) is 0.